The highest BCUT2D eigenvalue weighted by atomic mass is 32.2. The van der Waals surface area contributed by atoms with Crippen molar-refractivity contribution in [3.8, 4) is 0 Å². The molecule has 0 aromatic carbocycles. The Labute approximate surface area is 113 Å². The van der Waals surface area contributed by atoms with Gasteiger partial charge in [-0.3, -0.25) is 0 Å². The molecule has 102 valence electrons. The number of nitrogens with one attached hydrogen (secondary N) is 1. The van der Waals surface area contributed by atoms with Crippen LogP contribution in [0.15, 0.2) is 16.3 Å². The van der Waals surface area contributed by atoms with Crippen LogP contribution in [-0.4, -0.2) is 31.9 Å². The van der Waals surface area contributed by atoms with Crippen molar-refractivity contribution in [3.05, 3.63) is 16.3 Å². The monoisotopic (exact) mass is 288 g/mol. The van der Waals surface area contributed by atoms with Crippen molar-refractivity contribution >= 4 is 21.4 Å². The summed E-state index contributed by atoms with van der Waals surface area (Å²) in [5.41, 5.74) is -0.266. The van der Waals surface area contributed by atoms with Crippen molar-refractivity contribution in [1.82, 2.24) is 9.62 Å². The molecule has 6 heteroatoms. The summed E-state index contributed by atoms with van der Waals surface area (Å²) in [6.45, 7) is 5.23. The zero-order valence-electron chi connectivity index (χ0n) is 11.1. The molecule has 1 saturated heterocycles. The number of thiophene rings is 1. The van der Waals surface area contributed by atoms with Crippen LogP contribution >= 0.6 is 11.3 Å². The molecule has 2 heterocycles. The molecule has 1 aromatic heterocycles. The van der Waals surface area contributed by atoms with E-state index in [1.165, 1.54) is 11.3 Å². The first kappa shape index (κ1) is 14.0. The lowest BCUT2D eigenvalue weighted by molar-refractivity contribution is 0.291. The van der Waals surface area contributed by atoms with Gasteiger partial charge in [0.1, 0.15) is 0 Å². The molecule has 0 saturated carbocycles. The third kappa shape index (κ3) is 2.34. The van der Waals surface area contributed by atoms with Gasteiger partial charge < -0.3 is 5.32 Å². The van der Waals surface area contributed by atoms with Crippen LogP contribution in [0.4, 0.5) is 0 Å². The number of hydrogen-bond acceptors (Lipinski definition) is 4. The van der Waals surface area contributed by atoms with Gasteiger partial charge in [-0.1, -0.05) is 0 Å². The molecule has 1 fully saturated rings. The Morgan fingerprint density at radius 3 is 2.78 bits per heavy atom. The van der Waals surface area contributed by atoms with Crippen LogP contribution in [0.1, 0.15) is 31.6 Å². The first-order valence-electron chi connectivity index (χ1n) is 6.13. The molecule has 0 spiro atoms. The summed E-state index contributed by atoms with van der Waals surface area (Å²) in [4.78, 5) is 1.36. The molecule has 1 aliphatic rings. The fourth-order valence-corrected chi connectivity index (χ4v) is 5.77. The third-order valence-electron chi connectivity index (χ3n) is 3.43. The number of sulfonamides is 1. The maximum atomic E-state index is 12.7. The smallest absolute Gasteiger partial charge is 0.244 e. The van der Waals surface area contributed by atoms with Gasteiger partial charge in [0.25, 0.3) is 0 Å². The van der Waals surface area contributed by atoms with Crippen LogP contribution < -0.4 is 5.32 Å². The van der Waals surface area contributed by atoms with Gasteiger partial charge in [-0.2, -0.15) is 4.31 Å². The van der Waals surface area contributed by atoms with Crippen molar-refractivity contribution in [3.63, 3.8) is 0 Å². The molecule has 0 atom stereocenters. The third-order valence-corrected chi connectivity index (χ3v) is 6.68. The average molecular weight is 288 g/mol. The van der Waals surface area contributed by atoms with E-state index in [1.807, 2.05) is 26.3 Å². The molecule has 0 radical (unpaired) electrons. The van der Waals surface area contributed by atoms with E-state index >= 15 is 0 Å². The largest absolute Gasteiger partial charge is 0.315 e. The quantitative estimate of drug-likeness (QED) is 0.922. The standard InChI is InChI=1S/C12H20N2O2S2/c1-12(2)6-4-7-14(12)18(15,16)11-5-8-17-10(11)9-13-3/h5,8,13H,4,6-7,9H2,1-3H3. The zero-order valence-corrected chi connectivity index (χ0v) is 12.7. The average Bonchev–Trinajstić information content (AvgIpc) is 2.85. The Kier molecular flexibility index (Phi) is 3.82. The van der Waals surface area contributed by atoms with Gasteiger partial charge in [-0.25, -0.2) is 8.42 Å². The molecule has 4 nitrogen and oxygen atoms in total. The Hall–Kier alpha value is -0.430. The molecular formula is C12H20N2O2S2. The second-order valence-corrected chi connectivity index (χ2v) is 8.06. The van der Waals surface area contributed by atoms with E-state index in [1.54, 1.807) is 10.4 Å². The molecular weight excluding hydrogens is 268 g/mol. The first-order valence-corrected chi connectivity index (χ1v) is 8.45. The second kappa shape index (κ2) is 4.92. The van der Waals surface area contributed by atoms with E-state index in [2.05, 4.69) is 5.32 Å². The Balaban J connectivity index is 2.39. The van der Waals surface area contributed by atoms with Crippen LogP contribution in [0.5, 0.6) is 0 Å². The lowest BCUT2D eigenvalue weighted by atomic mass is 10.0. The molecule has 1 aliphatic heterocycles. The SMILES string of the molecule is CNCc1sccc1S(=O)(=O)N1CCCC1(C)C. The van der Waals surface area contributed by atoms with E-state index in [0.717, 1.165) is 17.7 Å². The second-order valence-electron chi connectivity index (χ2n) is 5.23. The van der Waals surface area contributed by atoms with Gasteiger partial charge in [0, 0.05) is 23.5 Å². The van der Waals surface area contributed by atoms with E-state index < -0.39 is 10.0 Å². The number of rotatable bonds is 4. The van der Waals surface area contributed by atoms with Crippen LogP contribution in [0.25, 0.3) is 0 Å². The predicted octanol–water partition coefficient (Wildman–Crippen LogP) is 2.03. The summed E-state index contributed by atoms with van der Waals surface area (Å²) in [6.07, 6.45) is 1.87. The van der Waals surface area contributed by atoms with Gasteiger partial charge in [0.15, 0.2) is 0 Å². The van der Waals surface area contributed by atoms with Crippen molar-refractivity contribution in [2.45, 2.75) is 43.7 Å². The van der Waals surface area contributed by atoms with E-state index in [4.69, 9.17) is 0 Å². The summed E-state index contributed by atoms with van der Waals surface area (Å²) >= 11 is 1.49. The van der Waals surface area contributed by atoms with Crippen LogP contribution in [0, 0.1) is 0 Å². The Bertz CT molecular complexity index is 520. The Morgan fingerprint density at radius 1 is 1.50 bits per heavy atom. The van der Waals surface area contributed by atoms with Gasteiger partial charge in [-0.05, 0) is 45.2 Å². The van der Waals surface area contributed by atoms with E-state index in [9.17, 15) is 8.42 Å². The number of nitrogens with zero attached hydrogens (tertiary/aromatic N) is 1. The minimum atomic E-state index is -3.35. The summed E-state index contributed by atoms with van der Waals surface area (Å²) in [5.74, 6) is 0. The summed E-state index contributed by atoms with van der Waals surface area (Å²) in [6, 6.07) is 1.72. The van der Waals surface area contributed by atoms with Crippen LogP contribution in [-0.2, 0) is 16.6 Å². The minimum absolute atomic E-state index is 0.266. The molecule has 0 bridgehead atoms. The molecule has 1 aromatic rings. The summed E-state index contributed by atoms with van der Waals surface area (Å²) in [5, 5.41) is 4.87. The predicted molar refractivity (Wildman–Crippen MR) is 74.3 cm³/mol. The topological polar surface area (TPSA) is 49.4 Å². The van der Waals surface area contributed by atoms with E-state index in [-0.39, 0.29) is 5.54 Å². The van der Waals surface area contributed by atoms with Gasteiger partial charge in [-0.15, -0.1) is 11.3 Å². The van der Waals surface area contributed by atoms with Crippen LogP contribution in [0.3, 0.4) is 0 Å². The fraction of sp³-hybridized carbons (Fsp3) is 0.667. The summed E-state index contributed by atoms with van der Waals surface area (Å²) < 4.78 is 27.1. The molecule has 18 heavy (non-hydrogen) atoms. The highest BCUT2D eigenvalue weighted by molar-refractivity contribution is 7.89. The van der Waals surface area contributed by atoms with Crippen molar-refractivity contribution in [2.75, 3.05) is 13.6 Å². The highest BCUT2D eigenvalue weighted by Gasteiger charge is 2.41. The lowest BCUT2D eigenvalue weighted by Crippen LogP contribution is -2.42. The summed E-state index contributed by atoms with van der Waals surface area (Å²) in [7, 11) is -1.52. The van der Waals surface area contributed by atoms with Crippen molar-refractivity contribution in [2.24, 2.45) is 0 Å². The van der Waals surface area contributed by atoms with Crippen molar-refractivity contribution in [1.29, 1.82) is 0 Å². The highest BCUT2D eigenvalue weighted by Crippen LogP contribution is 2.35. The first-order chi connectivity index (χ1) is 8.39. The van der Waals surface area contributed by atoms with Crippen LogP contribution in [0.2, 0.25) is 0 Å². The molecule has 1 N–H and O–H groups in total. The maximum Gasteiger partial charge on any atom is 0.244 e. The van der Waals surface area contributed by atoms with Gasteiger partial charge >= 0.3 is 0 Å². The molecule has 0 amide bonds. The maximum absolute atomic E-state index is 12.7. The Morgan fingerprint density at radius 2 is 2.22 bits per heavy atom. The van der Waals surface area contributed by atoms with Gasteiger partial charge in [0.2, 0.25) is 10.0 Å². The molecule has 0 unspecified atom stereocenters. The van der Waals surface area contributed by atoms with Gasteiger partial charge in [0.05, 0.1) is 4.90 Å². The molecule has 0 aliphatic carbocycles. The lowest BCUT2D eigenvalue weighted by Gasteiger charge is -2.30. The molecule has 2 rings (SSSR count). The fourth-order valence-electron chi connectivity index (χ4n) is 2.50. The van der Waals surface area contributed by atoms with Crippen molar-refractivity contribution < 1.29 is 8.42 Å². The van der Waals surface area contributed by atoms with E-state index in [0.29, 0.717) is 18.0 Å². The number of hydrogen-bond donors (Lipinski definition) is 1. The zero-order chi connectivity index (χ0) is 13.4. The normalized spacial score (nSPS) is 20.4. The minimum Gasteiger partial charge on any atom is -0.315 e.